The molecule has 2 fully saturated rings. The van der Waals surface area contributed by atoms with Crippen LogP contribution in [0.2, 0.25) is 0 Å². The van der Waals surface area contributed by atoms with Gasteiger partial charge in [-0.05, 0) is 38.6 Å². The molecular formula is C18H37IN4O. The number of rotatable bonds is 5. The van der Waals surface area contributed by atoms with Crippen LogP contribution in [0.15, 0.2) is 4.99 Å². The Morgan fingerprint density at radius 1 is 1.33 bits per heavy atom. The van der Waals surface area contributed by atoms with Gasteiger partial charge in [0.25, 0.3) is 0 Å². The summed E-state index contributed by atoms with van der Waals surface area (Å²) >= 11 is 0. The highest BCUT2D eigenvalue weighted by Crippen LogP contribution is 2.33. The number of ether oxygens (including phenoxy) is 1. The van der Waals surface area contributed by atoms with Crippen molar-refractivity contribution in [3.05, 3.63) is 0 Å². The molecule has 142 valence electrons. The molecule has 2 aliphatic heterocycles. The maximum Gasteiger partial charge on any atom is 0.194 e. The molecule has 5 nitrogen and oxygen atoms in total. The van der Waals surface area contributed by atoms with Crippen LogP contribution in [0.25, 0.3) is 0 Å². The van der Waals surface area contributed by atoms with E-state index in [1.807, 2.05) is 0 Å². The Balaban J connectivity index is 0.00000288. The second kappa shape index (κ2) is 10.8. The summed E-state index contributed by atoms with van der Waals surface area (Å²) in [7, 11) is 2.16. The summed E-state index contributed by atoms with van der Waals surface area (Å²) in [5.41, 5.74) is 0.435. The lowest BCUT2D eigenvalue weighted by molar-refractivity contribution is -0.0138. The van der Waals surface area contributed by atoms with E-state index in [1.54, 1.807) is 0 Å². The lowest BCUT2D eigenvalue weighted by Crippen LogP contribution is -2.50. The molecule has 0 aliphatic carbocycles. The average Bonchev–Trinajstić information content (AvgIpc) is 2.51. The number of hydrogen-bond donors (Lipinski definition) is 1. The summed E-state index contributed by atoms with van der Waals surface area (Å²) in [6.07, 6.45) is 5.41. The highest BCUT2D eigenvalue weighted by atomic mass is 127. The molecular weight excluding hydrogens is 415 g/mol. The molecule has 6 heteroatoms. The van der Waals surface area contributed by atoms with Crippen LogP contribution in [0.3, 0.4) is 0 Å². The van der Waals surface area contributed by atoms with Crippen molar-refractivity contribution < 1.29 is 4.74 Å². The van der Waals surface area contributed by atoms with Crippen LogP contribution in [-0.2, 0) is 4.74 Å². The van der Waals surface area contributed by atoms with Crippen LogP contribution >= 0.6 is 24.0 Å². The molecule has 0 spiro atoms. The van der Waals surface area contributed by atoms with Crippen molar-refractivity contribution in [1.82, 2.24) is 15.1 Å². The summed E-state index contributed by atoms with van der Waals surface area (Å²) in [5, 5.41) is 3.49. The van der Waals surface area contributed by atoms with Crippen molar-refractivity contribution in [2.75, 3.05) is 52.9 Å². The molecule has 2 unspecified atom stereocenters. The Hall–Kier alpha value is -0.0800. The Labute approximate surface area is 165 Å². The zero-order valence-corrected chi connectivity index (χ0v) is 18.3. The zero-order chi connectivity index (χ0) is 16.7. The normalized spacial score (nSPS) is 29.2. The van der Waals surface area contributed by atoms with E-state index in [2.05, 4.69) is 42.9 Å². The monoisotopic (exact) mass is 452 g/mol. The molecule has 0 aromatic carbocycles. The highest BCUT2D eigenvalue weighted by Gasteiger charge is 2.31. The number of piperidine rings is 1. The van der Waals surface area contributed by atoms with Gasteiger partial charge >= 0.3 is 0 Å². The zero-order valence-electron chi connectivity index (χ0n) is 16.0. The fourth-order valence-corrected chi connectivity index (χ4v) is 3.90. The molecule has 2 saturated heterocycles. The third kappa shape index (κ3) is 6.67. The van der Waals surface area contributed by atoms with Gasteiger partial charge in [0.05, 0.1) is 19.3 Å². The first kappa shape index (κ1) is 22.0. The summed E-state index contributed by atoms with van der Waals surface area (Å²) in [6.45, 7) is 13.6. The van der Waals surface area contributed by atoms with Gasteiger partial charge in [-0.15, -0.1) is 24.0 Å². The van der Waals surface area contributed by atoms with Gasteiger partial charge in [0.15, 0.2) is 5.96 Å². The smallest absolute Gasteiger partial charge is 0.194 e. The molecule has 2 rings (SSSR count). The molecule has 1 N–H and O–H groups in total. The van der Waals surface area contributed by atoms with Crippen molar-refractivity contribution >= 4 is 29.9 Å². The topological polar surface area (TPSA) is 40.1 Å². The van der Waals surface area contributed by atoms with Crippen LogP contribution in [-0.4, -0.2) is 74.8 Å². The van der Waals surface area contributed by atoms with E-state index in [9.17, 15) is 0 Å². The lowest BCUT2D eigenvalue weighted by atomic mass is 9.78. The van der Waals surface area contributed by atoms with Gasteiger partial charge in [0.2, 0.25) is 0 Å². The number of nitrogens with one attached hydrogen (secondary N) is 1. The Kier molecular flexibility index (Phi) is 9.89. The van der Waals surface area contributed by atoms with Crippen molar-refractivity contribution in [2.45, 2.75) is 52.6 Å². The number of likely N-dealkylation sites (tertiary alicyclic amines) is 1. The average molecular weight is 452 g/mol. The lowest BCUT2D eigenvalue weighted by Gasteiger charge is -2.42. The third-order valence-corrected chi connectivity index (χ3v) is 5.06. The number of hydrogen-bond acceptors (Lipinski definition) is 3. The maximum atomic E-state index is 5.85. The van der Waals surface area contributed by atoms with Gasteiger partial charge < -0.3 is 19.9 Å². The predicted octanol–water partition coefficient (Wildman–Crippen LogP) is 2.80. The van der Waals surface area contributed by atoms with E-state index in [4.69, 9.17) is 9.73 Å². The van der Waals surface area contributed by atoms with Crippen molar-refractivity contribution in [2.24, 2.45) is 10.4 Å². The van der Waals surface area contributed by atoms with Gasteiger partial charge in [-0.25, -0.2) is 0 Å². The fraction of sp³-hybridized carbons (Fsp3) is 0.944. The second-order valence-corrected chi connectivity index (χ2v) is 7.54. The number of guanidine groups is 1. The number of likely N-dealkylation sites (N-methyl/N-ethyl adjacent to an activating group) is 1. The number of morpholine rings is 1. The van der Waals surface area contributed by atoms with E-state index in [-0.39, 0.29) is 30.1 Å². The summed E-state index contributed by atoms with van der Waals surface area (Å²) in [6, 6.07) is 0. The molecule has 2 aliphatic rings. The van der Waals surface area contributed by atoms with Gasteiger partial charge in [0, 0.05) is 32.7 Å². The number of aliphatic imine (C=N–C) groups is 1. The van der Waals surface area contributed by atoms with Gasteiger partial charge in [-0.3, -0.25) is 4.99 Å². The molecule has 0 radical (unpaired) electrons. The standard InChI is InChI=1S/C18H36N4O.HI/c1-5-8-18(3)9-7-10-22(15-18)17(19-6-2)20-13-16-14-21(4)11-12-23-16;/h16H,5-15H2,1-4H3,(H,19,20);1H. The van der Waals surface area contributed by atoms with Gasteiger partial charge in [0.1, 0.15) is 0 Å². The highest BCUT2D eigenvalue weighted by molar-refractivity contribution is 14.0. The molecule has 0 amide bonds. The fourth-order valence-electron chi connectivity index (χ4n) is 3.90. The summed E-state index contributed by atoms with van der Waals surface area (Å²) in [4.78, 5) is 9.70. The molecule has 0 bridgehead atoms. The minimum Gasteiger partial charge on any atom is -0.374 e. The van der Waals surface area contributed by atoms with Crippen LogP contribution in [0.4, 0.5) is 0 Å². The van der Waals surface area contributed by atoms with Crippen LogP contribution in [0.5, 0.6) is 0 Å². The van der Waals surface area contributed by atoms with Crippen molar-refractivity contribution in [3.63, 3.8) is 0 Å². The Morgan fingerprint density at radius 3 is 2.79 bits per heavy atom. The van der Waals surface area contributed by atoms with E-state index >= 15 is 0 Å². The first-order chi connectivity index (χ1) is 11.1. The molecule has 0 aromatic heterocycles. The van der Waals surface area contributed by atoms with E-state index < -0.39 is 0 Å². The van der Waals surface area contributed by atoms with Gasteiger partial charge in [-0.2, -0.15) is 0 Å². The van der Waals surface area contributed by atoms with Crippen LogP contribution in [0.1, 0.15) is 46.5 Å². The minimum absolute atomic E-state index is 0. The second-order valence-electron chi connectivity index (χ2n) is 7.54. The Morgan fingerprint density at radius 2 is 2.12 bits per heavy atom. The van der Waals surface area contributed by atoms with E-state index in [1.165, 1.54) is 25.7 Å². The van der Waals surface area contributed by atoms with Crippen molar-refractivity contribution in [1.29, 1.82) is 0 Å². The Bertz CT molecular complexity index is 389. The summed E-state index contributed by atoms with van der Waals surface area (Å²) in [5.74, 6) is 1.08. The van der Waals surface area contributed by atoms with Crippen LogP contribution < -0.4 is 5.32 Å². The van der Waals surface area contributed by atoms with Gasteiger partial charge in [-0.1, -0.05) is 20.3 Å². The third-order valence-electron chi connectivity index (χ3n) is 5.06. The molecule has 2 atom stereocenters. The van der Waals surface area contributed by atoms with E-state index in [0.29, 0.717) is 5.41 Å². The molecule has 2 heterocycles. The number of nitrogens with zero attached hydrogens (tertiary/aromatic N) is 3. The first-order valence-electron chi connectivity index (χ1n) is 9.39. The first-order valence-corrected chi connectivity index (χ1v) is 9.39. The maximum absolute atomic E-state index is 5.85. The molecule has 24 heavy (non-hydrogen) atoms. The SMILES string of the molecule is CCCC1(C)CCCN(C(=NCC2CN(C)CCO2)NCC)C1.I. The molecule has 0 aromatic rings. The quantitative estimate of drug-likeness (QED) is 0.396. The molecule has 0 saturated carbocycles. The largest absolute Gasteiger partial charge is 0.374 e. The number of halogens is 1. The summed E-state index contributed by atoms with van der Waals surface area (Å²) < 4.78 is 5.85. The minimum atomic E-state index is 0. The van der Waals surface area contributed by atoms with Crippen molar-refractivity contribution in [3.8, 4) is 0 Å². The predicted molar refractivity (Wildman–Crippen MR) is 112 cm³/mol. The van der Waals surface area contributed by atoms with E-state index in [0.717, 1.165) is 51.8 Å². The van der Waals surface area contributed by atoms with Crippen LogP contribution in [0, 0.1) is 5.41 Å².